The quantitative estimate of drug-likeness (QED) is 0.599. The van der Waals surface area contributed by atoms with E-state index in [-0.39, 0.29) is 17.2 Å². The summed E-state index contributed by atoms with van der Waals surface area (Å²) in [5.41, 5.74) is 0.578. The van der Waals surface area contributed by atoms with Gasteiger partial charge < -0.3 is 4.74 Å². The number of halogens is 3. The zero-order valence-corrected chi connectivity index (χ0v) is 12.5. The zero-order valence-electron chi connectivity index (χ0n) is 11.0. The Morgan fingerprint density at radius 3 is 2.41 bits per heavy atom. The van der Waals surface area contributed by atoms with Crippen LogP contribution in [0.4, 0.5) is 4.39 Å². The fraction of sp³-hybridized carbons (Fsp3) is 0. The molecule has 0 bridgehead atoms. The van der Waals surface area contributed by atoms with Crippen LogP contribution in [0.25, 0.3) is 6.08 Å². The smallest absolute Gasteiger partial charge is 0.363 e. The molecule has 0 amide bonds. The summed E-state index contributed by atoms with van der Waals surface area (Å²) in [6.07, 6.45) is 1.42. The molecule has 0 aliphatic carbocycles. The molecule has 2 aromatic rings. The highest BCUT2D eigenvalue weighted by molar-refractivity contribution is 6.37. The van der Waals surface area contributed by atoms with Gasteiger partial charge in [0, 0.05) is 15.6 Å². The molecular formula is C16H8Cl2FNO2. The van der Waals surface area contributed by atoms with Crippen LogP contribution in [0.1, 0.15) is 11.1 Å². The van der Waals surface area contributed by atoms with E-state index in [0.29, 0.717) is 15.6 Å². The van der Waals surface area contributed by atoms with E-state index in [1.165, 1.54) is 24.3 Å². The van der Waals surface area contributed by atoms with Crippen molar-refractivity contribution < 1.29 is 13.9 Å². The molecule has 1 aliphatic heterocycles. The number of carbonyl (C=O) groups excluding carboxylic acids is 1. The van der Waals surface area contributed by atoms with E-state index in [1.807, 2.05) is 0 Å². The molecule has 1 aliphatic rings. The summed E-state index contributed by atoms with van der Waals surface area (Å²) >= 11 is 12.1. The molecule has 1 heterocycles. The molecule has 0 spiro atoms. The number of carbonyl (C=O) groups is 1. The predicted octanol–water partition coefficient (Wildman–Crippen LogP) is 4.48. The Balaban J connectivity index is 2.04. The standard InChI is InChI=1S/C16H8Cl2FNO2/c17-11-5-3-6-12(18)10(11)8-14-16(21)22-15(20-14)9-4-1-2-7-13(9)19/h1-8H/b14-8-. The van der Waals surface area contributed by atoms with Crippen LogP contribution in [0.15, 0.2) is 53.2 Å². The average Bonchev–Trinajstić information content (AvgIpc) is 2.84. The van der Waals surface area contributed by atoms with Gasteiger partial charge >= 0.3 is 5.97 Å². The molecule has 0 radical (unpaired) electrons. The molecule has 0 unspecified atom stereocenters. The summed E-state index contributed by atoms with van der Waals surface area (Å²) in [5, 5.41) is 0.754. The van der Waals surface area contributed by atoms with Crippen LogP contribution < -0.4 is 0 Å². The summed E-state index contributed by atoms with van der Waals surface area (Å²) in [6, 6.07) is 10.9. The first-order chi connectivity index (χ1) is 10.6. The van der Waals surface area contributed by atoms with Crippen LogP contribution in [-0.4, -0.2) is 11.9 Å². The highest BCUT2D eigenvalue weighted by atomic mass is 35.5. The van der Waals surface area contributed by atoms with Crippen molar-refractivity contribution in [2.24, 2.45) is 4.99 Å². The van der Waals surface area contributed by atoms with Gasteiger partial charge in [0.1, 0.15) is 5.82 Å². The molecule has 0 aromatic heterocycles. The highest BCUT2D eigenvalue weighted by Gasteiger charge is 2.26. The van der Waals surface area contributed by atoms with Crippen LogP contribution in [0.5, 0.6) is 0 Å². The normalized spacial score (nSPS) is 15.9. The number of hydrogen-bond donors (Lipinski definition) is 0. The fourth-order valence-corrected chi connectivity index (χ4v) is 2.45. The molecule has 3 nitrogen and oxygen atoms in total. The Hall–Kier alpha value is -2.17. The molecule has 3 rings (SSSR count). The zero-order chi connectivity index (χ0) is 15.7. The number of esters is 1. The Bertz CT molecular complexity index is 810. The van der Waals surface area contributed by atoms with E-state index in [4.69, 9.17) is 27.9 Å². The summed E-state index contributed by atoms with van der Waals surface area (Å²) in [4.78, 5) is 15.9. The van der Waals surface area contributed by atoms with Crippen LogP contribution in [0, 0.1) is 5.82 Å². The highest BCUT2D eigenvalue weighted by Crippen LogP contribution is 2.28. The van der Waals surface area contributed by atoms with Crippen molar-refractivity contribution in [3.8, 4) is 0 Å². The molecule has 2 aromatic carbocycles. The van der Waals surface area contributed by atoms with Gasteiger partial charge in [0.2, 0.25) is 5.90 Å². The molecule has 6 heteroatoms. The largest absolute Gasteiger partial charge is 0.402 e. The van der Waals surface area contributed by atoms with Crippen LogP contribution in [0.3, 0.4) is 0 Å². The number of aliphatic imine (C=N–C) groups is 1. The van der Waals surface area contributed by atoms with E-state index in [9.17, 15) is 9.18 Å². The first kappa shape index (κ1) is 14.8. The first-order valence-electron chi connectivity index (χ1n) is 6.28. The molecule has 0 fully saturated rings. The van der Waals surface area contributed by atoms with Crippen LogP contribution in [-0.2, 0) is 9.53 Å². The second-order valence-electron chi connectivity index (χ2n) is 4.45. The summed E-state index contributed by atoms with van der Waals surface area (Å²) in [5.74, 6) is -1.29. The van der Waals surface area contributed by atoms with Gasteiger partial charge in [-0.15, -0.1) is 0 Å². The van der Waals surface area contributed by atoms with Gasteiger partial charge in [-0.05, 0) is 30.3 Å². The van der Waals surface area contributed by atoms with Crippen LogP contribution >= 0.6 is 23.2 Å². The van der Waals surface area contributed by atoms with E-state index in [1.54, 1.807) is 24.3 Å². The molecule has 0 atom stereocenters. The topological polar surface area (TPSA) is 38.7 Å². The second-order valence-corrected chi connectivity index (χ2v) is 5.27. The van der Waals surface area contributed by atoms with Gasteiger partial charge in [0.25, 0.3) is 0 Å². The SMILES string of the molecule is O=C1OC(c2ccccc2F)=N/C1=C\c1c(Cl)cccc1Cl. The van der Waals surface area contributed by atoms with Crippen molar-refractivity contribution >= 4 is 41.1 Å². The molecule has 0 saturated carbocycles. The minimum absolute atomic E-state index is 0.00764. The average molecular weight is 336 g/mol. The van der Waals surface area contributed by atoms with Gasteiger partial charge in [0.05, 0.1) is 5.56 Å². The summed E-state index contributed by atoms with van der Waals surface area (Å²) in [7, 11) is 0. The van der Waals surface area contributed by atoms with Gasteiger partial charge in [-0.25, -0.2) is 14.2 Å². The number of cyclic esters (lactones) is 1. The van der Waals surface area contributed by atoms with Gasteiger partial charge in [-0.2, -0.15) is 0 Å². The Labute approximate surface area is 135 Å². The van der Waals surface area contributed by atoms with Gasteiger partial charge in [-0.1, -0.05) is 41.4 Å². The van der Waals surface area contributed by atoms with Crippen molar-refractivity contribution in [2.45, 2.75) is 0 Å². The monoisotopic (exact) mass is 335 g/mol. The first-order valence-corrected chi connectivity index (χ1v) is 7.03. The fourth-order valence-electron chi connectivity index (χ4n) is 1.94. The van der Waals surface area contributed by atoms with E-state index in [2.05, 4.69) is 4.99 Å². The van der Waals surface area contributed by atoms with Gasteiger partial charge in [0.15, 0.2) is 5.70 Å². The third kappa shape index (κ3) is 2.75. The van der Waals surface area contributed by atoms with Crippen molar-refractivity contribution in [3.63, 3.8) is 0 Å². The number of nitrogens with zero attached hydrogens (tertiary/aromatic N) is 1. The number of hydrogen-bond acceptors (Lipinski definition) is 3. The Kier molecular flexibility index (Phi) is 3.96. The molecule has 22 heavy (non-hydrogen) atoms. The van der Waals surface area contributed by atoms with E-state index >= 15 is 0 Å². The van der Waals surface area contributed by atoms with Crippen molar-refractivity contribution in [1.82, 2.24) is 0 Å². The Morgan fingerprint density at radius 1 is 1.05 bits per heavy atom. The maximum Gasteiger partial charge on any atom is 0.363 e. The maximum absolute atomic E-state index is 13.7. The van der Waals surface area contributed by atoms with Crippen LogP contribution in [0.2, 0.25) is 10.0 Å². The number of rotatable bonds is 2. The van der Waals surface area contributed by atoms with Crippen molar-refractivity contribution in [3.05, 3.63) is 75.2 Å². The molecule has 110 valence electrons. The molecular weight excluding hydrogens is 328 g/mol. The molecule has 0 N–H and O–H groups in total. The number of benzene rings is 2. The maximum atomic E-state index is 13.7. The minimum atomic E-state index is -0.686. The minimum Gasteiger partial charge on any atom is -0.402 e. The molecule has 0 saturated heterocycles. The van der Waals surface area contributed by atoms with E-state index in [0.717, 1.165) is 0 Å². The lowest BCUT2D eigenvalue weighted by atomic mass is 10.2. The Morgan fingerprint density at radius 2 is 1.73 bits per heavy atom. The van der Waals surface area contributed by atoms with E-state index < -0.39 is 11.8 Å². The number of ether oxygens (including phenoxy) is 1. The van der Waals surface area contributed by atoms with Crippen molar-refractivity contribution in [2.75, 3.05) is 0 Å². The van der Waals surface area contributed by atoms with Crippen molar-refractivity contribution in [1.29, 1.82) is 0 Å². The predicted molar refractivity (Wildman–Crippen MR) is 83.5 cm³/mol. The summed E-state index contributed by atoms with van der Waals surface area (Å²) in [6.45, 7) is 0. The lowest BCUT2D eigenvalue weighted by Gasteiger charge is -2.00. The lowest BCUT2D eigenvalue weighted by molar-refractivity contribution is -0.129. The third-order valence-corrected chi connectivity index (χ3v) is 3.66. The summed E-state index contributed by atoms with van der Waals surface area (Å²) < 4.78 is 18.7. The van der Waals surface area contributed by atoms with Gasteiger partial charge in [-0.3, -0.25) is 0 Å². The lowest BCUT2D eigenvalue weighted by Crippen LogP contribution is -2.07. The third-order valence-electron chi connectivity index (χ3n) is 3.01. The second kappa shape index (κ2) is 5.91.